The van der Waals surface area contributed by atoms with Crippen LogP contribution in [0.4, 0.5) is 0 Å². The average molecular weight is 240 g/mol. The van der Waals surface area contributed by atoms with E-state index >= 15 is 0 Å². The van der Waals surface area contributed by atoms with Crippen molar-refractivity contribution in [1.29, 1.82) is 0 Å². The van der Waals surface area contributed by atoms with E-state index in [2.05, 4.69) is 29.6 Å². The summed E-state index contributed by atoms with van der Waals surface area (Å²) in [6.07, 6.45) is 3.97. The predicted molar refractivity (Wildman–Crippen MR) is 68.9 cm³/mol. The lowest BCUT2D eigenvalue weighted by molar-refractivity contribution is 0.251. The minimum absolute atomic E-state index is 0.629. The van der Waals surface area contributed by atoms with Gasteiger partial charge >= 0.3 is 0 Å². The Labute approximate surface area is 102 Å². The molecule has 0 amide bonds. The average Bonchev–Trinajstić information content (AvgIpc) is 2.87. The summed E-state index contributed by atoms with van der Waals surface area (Å²) in [5.41, 5.74) is 1.30. The standard InChI is InChI=1S/C12H20N2OS/c1-9-10(4-5-15-9)8-14(2)11-6-13-7-12(11)16-3/h4-5,11-13H,6-8H2,1-3H3. The first-order chi connectivity index (χ1) is 7.72. The van der Waals surface area contributed by atoms with E-state index in [9.17, 15) is 0 Å². The molecule has 0 radical (unpaired) electrons. The number of likely N-dealkylation sites (N-methyl/N-ethyl adjacent to an activating group) is 1. The maximum atomic E-state index is 5.33. The molecule has 2 rings (SSSR count). The number of furan rings is 1. The minimum atomic E-state index is 0.629. The summed E-state index contributed by atoms with van der Waals surface area (Å²) >= 11 is 1.96. The van der Waals surface area contributed by atoms with Crippen LogP contribution >= 0.6 is 11.8 Å². The molecule has 0 aliphatic carbocycles. The van der Waals surface area contributed by atoms with Gasteiger partial charge in [0.1, 0.15) is 5.76 Å². The zero-order chi connectivity index (χ0) is 11.5. The second-order valence-corrected chi connectivity index (χ2v) is 5.49. The van der Waals surface area contributed by atoms with Crippen molar-refractivity contribution >= 4 is 11.8 Å². The van der Waals surface area contributed by atoms with E-state index in [4.69, 9.17) is 4.42 Å². The van der Waals surface area contributed by atoms with Gasteiger partial charge in [-0.3, -0.25) is 4.90 Å². The van der Waals surface area contributed by atoms with Crippen molar-refractivity contribution < 1.29 is 4.42 Å². The number of hydrogen-bond donors (Lipinski definition) is 1. The molecule has 1 aromatic heterocycles. The van der Waals surface area contributed by atoms with E-state index in [1.54, 1.807) is 6.26 Å². The topological polar surface area (TPSA) is 28.4 Å². The number of aryl methyl sites for hydroxylation is 1. The summed E-state index contributed by atoms with van der Waals surface area (Å²) in [4.78, 5) is 2.43. The van der Waals surface area contributed by atoms with Gasteiger partial charge in [-0.1, -0.05) is 0 Å². The molecule has 0 saturated carbocycles. The maximum Gasteiger partial charge on any atom is 0.105 e. The van der Waals surface area contributed by atoms with Gasteiger partial charge in [0.15, 0.2) is 0 Å². The summed E-state index contributed by atoms with van der Waals surface area (Å²) in [5.74, 6) is 1.04. The summed E-state index contributed by atoms with van der Waals surface area (Å²) < 4.78 is 5.33. The molecule has 16 heavy (non-hydrogen) atoms. The van der Waals surface area contributed by atoms with E-state index in [1.807, 2.05) is 18.7 Å². The van der Waals surface area contributed by atoms with Crippen LogP contribution in [0.15, 0.2) is 16.7 Å². The molecule has 0 spiro atoms. The third-order valence-electron chi connectivity index (χ3n) is 3.38. The number of nitrogens with one attached hydrogen (secondary N) is 1. The lowest BCUT2D eigenvalue weighted by atomic mass is 10.2. The van der Waals surface area contributed by atoms with Crippen LogP contribution in [0.1, 0.15) is 11.3 Å². The Balaban J connectivity index is 1.97. The van der Waals surface area contributed by atoms with Gasteiger partial charge in [-0.25, -0.2) is 0 Å². The molecule has 2 unspecified atom stereocenters. The highest BCUT2D eigenvalue weighted by atomic mass is 32.2. The SMILES string of the molecule is CSC1CNCC1N(C)Cc1ccoc1C. The molecule has 1 fully saturated rings. The first kappa shape index (κ1) is 12.0. The smallest absolute Gasteiger partial charge is 0.105 e. The molecule has 2 heterocycles. The maximum absolute atomic E-state index is 5.33. The Hall–Kier alpha value is -0.450. The monoisotopic (exact) mass is 240 g/mol. The molecule has 90 valence electrons. The first-order valence-electron chi connectivity index (χ1n) is 5.69. The van der Waals surface area contributed by atoms with Gasteiger partial charge in [0, 0.05) is 36.5 Å². The van der Waals surface area contributed by atoms with E-state index in [0.29, 0.717) is 11.3 Å². The fourth-order valence-electron chi connectivity index (χ4n) is 2.28. The highest BCUT2D eigenvalue weighted by Crippen LogP contribution is 2.21. The van der Waals surface area contributed by atoms with Crippen molar-refractivity contribution in [1.82, 2.24) is 10.2 Å². The Kier molecular flexibility index (Phi) is 3.95. The van der Waals surface area contributed by atoms with Gasteiger partial charge < -0.3 is 9.73 Å². The Bertz CT molecular complexity index is 340. The second kappa shape index (κ2) is 5.25. The number of rotatable bonds is 4. The second-order valence-electron chi connectivity index (χ2n) is 4.42. The number of hydrogen-bond acceptors (Lipinski definition) is 4. The van der Waals surface area contributed by atoms with E-state index < -0.39 is 0 Å². The Morgan fingerprint density at radius 3 is 3.00 bits per heavy atom. The van der Waals surface area contributed by atoms with Crippen LogP contribution in [0.25, 0.3) is 0 Å². The third kappa shape index (κ3) is 2.44. The van der Waals surface area contributed by atoms with Crippen molar-refractivity contribution in [3.05, 3.63) is 23.7 Å². The van der Waals surface area contributed by atoms with Crippen LogP contribution in [-0.2, 0) is 6.54 Å². The largest absolute Gasteiger partial charge is 0.469 e. The zero-order valence-corrected chi connectivity index (χ0v) is 11.0. The summed E-state index contributed by atoms with van der Waals surface area (Å²) in [6, 6.07) is 2.70. The predicted octanol–water partition coefficient (Wildman–Crippen LogP) is 1.72. The summed E-state index contributed by atoms with van der Waals surface area (Å²) in [7, 11) is 2.20. The quantitative estimate of drug-likeness (QED) is 0.867. The molecule has 1 saturated heterocycles. The van der Waals surface area contributed by atoms with Crippen molar-refractivity contribution in [2.24, 2.45) is 0 Å². The normalized spacial score (nSPS) is 25.5. The van der Waals surface area contributed by atoms with Gasteiger partial charge in [0.2, 0.25) is 0 Å². The fourth-order valence-corrected chi connectivity index (χ4v) is 3.18. The minimum Gasteiger partial charge on any atom is -0.469 e. The van der Waals surface area contributed by atoms with Crippen molar-refractivity contribution in [2.45, 2.75) is 24.8 Å². The van der Waals surface area contributed by atoms with E-state index in [0.717, 1.165) is 25.4 Å². The number of nitrogens with zero attached hydrogens (tertiary/aromatic N) is 1. The lowest BCUT2D eigenvalue weighted by Gasteiger charge is -2.27. The van der Waals surface area contributed by atoms with Gasteiger partial charge in [0.05, 0.1) is 6.26 Å². The highest BCUT2D eigenvalue weighted by Gasteiger charge is 2.29. The van der Waals surface area contributed by atoms with Crippen molar-refractivity contribution in [3.8, 4) is 0 Å². The van der Waals surface area contributed by atoms with Crippen LogP contribution in [0.3, 0.4) is 0 Å². The lowest BCUT2D eigenvalue weighted by Crippen LogP contribution is -2.38. The zero-order valence-electron chi connectivity index (χ0n) is 10.2. The van der Waals surface area contributed by atoms with Crippen LogP contribution in [0.2, 0.25) is 0 Å². The molecule has 0 aromatic carbocycles. The Morgan fingerprint density at radius 2 is 2.38 bits per heavy atom. The van der Waals surface area contributed by atoms with Gasteiger partial charge in [-0.15, -0.1) is 0 Å². The van der Waals surface area contributed by atoms with Crippen LogP contribution in [0.5, 0.6) is 0 Å². The van der Waals surface area contributed by atoms with Gasteiger partial charge in [0.25, 0.3) is 0 Å². The first-order valence-corrected chi connectivity index (χ1v) is 6.98. The van der Waals surface area contributed by atoms with Crippen LogP contribution in [0, 0.1) is 6.92 Å². The molecule has 3 nitrogen and oxygen atoms in total. The molecule has 0 bridgehead atoms. The molecule has 2 atom stereocenters. The van der Waals surface area contributed by atoms with Crippen LogP contribution < -0.4 is 5.32 Å². The molecule has 1 aliphatic rings. The molecule has 1 aromatic rings. The number of thioether (sulfide) groups is 1. The van der Waals surface area contributed by atoms with Gasteiger partial charge in [-0.05, 0) is 26.3 Å². The molecule has 4 heteroatoms. The van der Waals surface area contributed by atoms with Crippen molar-refractivity contribution in [2.75, 3.05) is 26.4 Å². The van der Waals surface area contributed by atoms with E-state index in [1.165, 1.54) is 5.56 Å². The fraction of sp³-hybridized carbons (Fsp3) is 0.667. The third-order valence-corrected chi connectivity index (χ3v) is 4.47. The van der Waals surface area contributed by atoms with E-state index in [-0.39, 0.29) is 0 Å². The summed E-state index contributed by atoms with van der Waals surface area (Å²) in [6.45, 7) is 5.23. The Morgan fingerprint density at radius 1 is 1.56 bits per heavy atom. The van der Waals surface area contributed by atoms with Crippen LogP contribution in [-0.4, -0.2) is 42.6 Å². The molecular formula is C12H20N2OS. The molecular weight excluding hydrogens is 220 g/mol. The van der Waals surface area contributed by atoms with Gasteiger partial charge in [-0.2, -0.15) is 11.8 Å². The summed E-state index contributed by atoms with van der Waals surface area (Å²) in [5, 5.41) is 4.17. The highest BCUT2D eigenvalue weighted by molar-refractivity contribution is 7.99. The van der Waals surface area contributed by atoms with Crippen molar-refractivity contribution in [3.63, 3.8) is 0 Å². The molecule has 1 N–H and O–H groups in total. The molecule has 1 aliphatic heterocycles.